The van der Waals surface area contributed by atoms with Crippen LogP contribution in [0.3, 0.4) is 0 Å². The summed E-state index contributed by atoms with van der Waals surface area (Å²) in [4.78, 5) is 13.7. The summed E-state index contributed by atoms with van der Waals surface area (Å²) in [5, 5.41) is 3.29. The minimum atomic E-state index is -1.43. The first-order chi connectivity index (χ1) is 10.7. The Morgan fingerprint density at radius 2 is 1.77 bits per heavy atom. The van der Waals surface area contributed by atoms with E-state index in [-0.39, 0.29) is 5.78 Å². The van der Waals surface area contributed by atoms with Crippen LogP contribution in [0.25, 0.3) is 5.70 Å². The van der Waals surface area contributed by atoms with Crippen LogP contribution in [0.2, 0.25) is 0 Å². The van der Waals surface area contributed by atoms with Crippen molar-refractivity contribution in [3.05, 3.63) is 70.6 Å². The molecule has 0 spiro atoms. The molecule has 22 heavy (non-hydrogen) atoms. The number of hydrogen-bond donors (Lipinski definition) is 1. The van der Waals surface area contributed by atoms with E-state index in [1.165, 1.54) is 0 Å². The number of Topliss-reactive ketones (excluding diaryl/α,β-unsaturated/α-hetero) is 1. The van der Waals surface area contributed by atoms with Crippen LogP contribution < -0.4 is 5.32 Å². The molecule has 4 heteroatoms. The fourth-order valence-corrected chi connectivity index (χ4v) is 3.94. The number of ketones is 1. The van der Waals surface area contributed by atoms with E-state index >= 15 is 0 Å². The van der Waals surface area contributed by atoms with Crippen LogP contribution in [-0.2, 0) is 11.2 Å². The standard InChI is InChI=1S/C18H17NO2S/c1-2-12-19-16(13-8-4-3-5-9-13)18-17(20)14-10-6-7-11-15(14)22(18)21/h3-11,19H,2,12H2,1H3. The van der Waals surface area contributed by atoms with Gasteiger partial charge in [-0.15, -0.1) is 0 Å². The van der Waals surface area contributed by atoms with Gasteiger partial charge in [0.25, 0.3) is 0 Å². The van der Waals surface area contributed by atoms with Crippen LogP contribution in [0.1, 0.15) is 29.3 Å². The van der Waals surface area contributed by atoms with Crippen LogP contribution in [0, 0.1) is 0 Å². The maximum atomic E-state index is 12.8. The van der Waals surface area contributed by atoms with E-state index in [9.17, 15) is 9.35 Å². The summed E-state index contributed by atoms with van der Waals surface area (Å²) in [5.41, 5.74) is 2.12. The van der Waals surface area contributed by atoms with E-state index in [0.717, 1.165) is 18.5 Å². The molecular weight excluding hydrogens is 294 g/mol. The SMILES string of the molecule is CCCNC(=C1C(=O)c2ccccc2[S+]1[O-])c1ccccc1. The molecule has 1 aliphatic heterocycles. The maximum absolute atomic E-state index is 12.8. The maximum Gasteiger partial charge on any atom is 0.248 e. The Bertz CT molecular complexity index is 725. The lowest BCUT2D eigenvalue weighted by molar-refractivity contribution is 0.104. The predicted molar refractivity (Wildman–Crippen MR) is 88.8 cm³/mol. The molecule has 0 amide bonds. The van der Waals surface area contributed by atoms with Gasteiger partial charge in [-0.25, -0.2) is 0 Å². The van der Waals surface area contributed by atoms with Gasteiger partial charge in [0, 0.05) is 23.3 Å². The second kappa shape index (κ2) is 6.38. The van der Waals surface area contributed by atoms with Crippen molar-refractivity contribution in [2.45, 2.75) is 18.2 Å². The summed E-state index contributed by atoms with van der Waals surface area (Å²) < 4.78 is 12.8. The zero-order valence-corrected chi connectivity index (χ0v) is 13.2. The highest BCUT2D eigenvalue weighted by atomic mass is 32.2. The van der Waals surface area contributed by atoms with E-state index in [1.807, 2.05) is 36.4 Å². The molecule has 2 aromatic rings. The second-order valence-corrected chi connectivity index (χ2v) is 6.48. The average Bonchev–Trinajstić information content (AvgIpc) is 2.82. The van der Waals surface area contributed by atoms with Gasteiger partial charge >= 0.3 is 0 Å². The molecule has 0 saturated heterocycles. The first-order valence-electron chi connectivity index (χ1n) is 7.33. The zero-order valence-electron chi connectivity index (χ0n) is 12.3. The molecular formula is C18H17NO2S. The van der Waals surface area contributed by atoms with Crippen LogP contribution in [-0.4, -0.2) is 16.9 Å². The van der Waals surface area contributed by atoms with Gasteiger partial charge in [0.05, 0.1) is 5.56 Å². The van der Waals surface area contributed by atoms with Gasteiger partial charge in [0.2, 0.25) is 10.7 Å². The fourth-order valence-electron chi connectivity index (χ4n) is 2.51. The highest BCUT2D eigenvalue weighted by Gasteiger charge is 2.41. The van der Waals surface area contributed by atoms with Crippen molar-refractivity contribution in [2.75, 3.05) is 6.54 Å². The van der Waals surface area contributed by atoms with Gasteiger partial charge in [-0.2, -0.15) is 0 Å². The normalized spacial score (nSPS) is 19.0. The van der Waals surface area contributed by atoms with E-state index in [0.29, 0.717) is 21.1 Å². The van der Waals surface area contributed by atoms with Crippen LogP contribution in [0.15, 0.2) is 64.4 Å². The fraction of sp³-hybridized carbons (Fsp3) is 0.167. The molecule has 1 aliphatic rings. The zero-order chi connectivity index (χ0) is 15.5. The van der Waals surface area contributed by atoms with Gasteiger partial charge < -0.3 is 9.87 Å². The molecule has 112 valence electrons. The molecule has 0 radical (unpaired) electrons. The Kier molecular flexibility index (Phi) is 4.32. The molecule has 0 bridgehead atoms. The van der Waals surface area contributed by atoms with Gasteiger partial charge in [0.15, 0.2) is 4.90 Å². The van der Waals surface area contributed by atoms with Gasteiger partial charge in [-0.1, -0.05) is 49.4 Å². The summed E-state index contributed by atoms with van der Waals surface area (Å²) >= 11 is -1.43. The Labute approximate surface area is 133 Å². The third-order valence-electron chi connectivity index (χ3n) is 3.56. The predicted octanol–water partition coefficient (Wildman–Crippen LogP) is 3.36. The minimum absolute atomic E-state index is 0.142. The number of rotatable bonds is 4. The highest BCUT2D eigenvalue weighted by molar-refractivity contribution is 7.97. The number of hydrogen-bond acceptors (Lipinski definition) is 3. The first kappa shape index (κ1) is 14.9. The van der Waals surface area contributed by atoms with E-state index in [2.05, 4.69) is 12.2 Å². The first-order valence-corrected chi connectivity index (χ1v) is 8.48. The molecule has 1 atom stereocenters. The molecule has 1 heterocycles. The number of benzene rings is 2. The van der Waals surface area contributed by atoms with E-state index in [1.54, 1.807) is 18.2 Å². The number of carbonyl (C=O) groups is 1. The molecule has 3 nitrogen and oxygen atoms in total. The van der Waals surface area contributed by atoms with E-state index < -0.39 is 11.2 Å². The lowest BCUT2D eigenvalue weighted by Crippen LogP contribution is -2.19. The number of fused-ring (bicyclic) bond motifs is 1. The molecule has 1 unspecified atom stereocenters. The third kappa shape index (κ3) is 2.56. The Morgan fingerprint density at radius 3 is 2.45 bits per heavy atom. The molecule has 1 N–H and O–H groups in total. The molecule has 2 aromatic carbocycles. The Hall–Kier alpha value is -2.04. The smallest absolute Gasteiger partial charge is 0.248 e. The average molecular weight is 311 g/mol. The largest absolute Gasteiger partial charge is 0.606 e. The van der Waals surface area contributed by atoms with Crippen molar-refractivity contribution in [3.8, 4) is 0 Å². The van der Waals surface area contributed by atoms with Crippen molar-refractivity contribution < 1.29 is 9.35 Å². The van der Waals surface area contributed by atoms with Crippen molar-refractivity contribution in [3.63, 3.8) is 0 Å². The number of allylic oxidation sites excluding steroid dienone is 1. The van der Waals surface area contributed by atoms with Crippen molar-refractivity contribution >= 4 is 22.7 Å². The summed E-state index contributed by atoms with van der Waals surface area (Å²) in [5.74, 6) is -0.142. The van der Waals surface area contributed by atoms with Crippen LogP contribution in [0.5, 0.6) is 0 Å². The lowest BCUT2D eigenvalue weighted by Gasteiger charge is -2.13. The molecule has 0 saturated carbocycles. The van der Waals surface area contributed by atoms with Gasteiger partial charge in [-0.05, 0) is 18.6 Å². The summed E-state index contributed by atoms with van der Waals surface area (Å²) in [6.07, 6.45) is 0.928. The van der Waals surface area contributed by atoms with Crippen LogP contribution >= 0.6 is 0 Å². The third-order valence-corrected chi connectivity index (χ3v) is 5.08. The van der Waals surface area contributed by atoms with Crippen molar-refractivity contribution in [1.29, 1.82) is 0 Å². The summed E-state index contributed by atoms with van der Waals surface area (Å²) in [6, 6.07) is 16.7. The topological polar surface area (TPSA) is 52.2 Å². The highest BCUT2D eigenvalue weighted by Crippen LogP contribution is 2.37. The van der Waals surface area contributed by atoms with Crippen molar-refractivity contribution in [2.24, 2.45) is 0 Å². The molecule has 0 aromatic heterocycles. The molecule has 0 aliphatic carbocycles. The number of carbonyl (C=O) groups excluding carboxylic acids is 1. The quantitative estimate of drug-likeness (QED) is 0.696. The Morgan fingerprint density at radius 1 is 1.09 bits per heavy atom. The van der Waals surface area contributed by atoms with Gasteiger partial charge in [0.1, 0.15) is 5.70 Å². The molecule has 3 rings (SSSR count). The van der Waals surface area contributed by atoms with Crippen LogP contribution in [0.4, 0.5) is 0 Å². The monoisotopic (exact) mass is 311 g/mol. The second-order valence-electron chi connectivity index (χ2n) is 5.09. The number of nitrogens with one attached hydrogen (secondary N) is 1. The van der Waals surface area contributed by atoms with E-state index in [4.69, 9.17) is 0 Å². The lowest BCUT2D eigenvalue weighted by atomic mass is 10.1. The Balaban J connectivity index is 2.14. The molecule has 0 fully saturated rings. The minimum Gasteiger partial charge on any atom is -0.606 e. The van der Waals surface area contributed by atoms with Gasteiger partial charge in [-0.3, -0.25) is 4.79 Å². The summed E-state index contributed by atoms with van der Waals surface area (Å²) in [7, 11) is 0. The summed E-state index contributed by atoms with van der Waals surface area (Å²) in [6.45, 7) is 2.79. The van der Waals surface area contributed by atoms with Crippen molar-refractivity contribution in [1.82, 2.24) is 5.32 Å².